The third-order valence-corrected chi connectivity index (χ3v) is 3.49. The number of nitrogens with one attached hydrogen (secondary N) is 1. The largest absolute Gasteiger partial charge is 0.311 e. The molecule has 1 fully saturated rings. The van der Waals surface area contributed by atoms with Gasteiger partial charge in [0.05, 0.1) is 5.69 Å². The molecule has 1 N–H and O–H groups in total. The van der Waals surface area contributed by atoms with Gasteiger partial charge in [0, 0.05) is 17.8 Å². The third-order valence-electron chi connectivity index (χ3n) is 2.62. The highest BCUT2D eigenvalue weighted by Gasteiger charge is 2.21. The third kappa shape index (κ3) is 2.09. The zero-order chi connectivity index (χ0) is 9.10. The summed E-state index contributed by atoms with van der Waals surface area (Å²) < 4.78 is 0. The first-order valence-corrected chi connectivity index (χ1v) is 5.93. The smallest absolute Gasteiger partial charge is 0.107 e. The Kier molecular flexibility index (Phi) is 2.96. The number of hydrogen-bond donors (Lipinski definition) is 1. The maximum Gasteiger partial charge on any atom is 0.107 e. The average molecular weight is 196 g/mol. The van der Waals surface area contributed by atoms with Crippen molar-refractivity contribution >= 4 is 11.3 Å². The van der Waals surface area contributed by atoms with Crippen LogP contribution in [0.4, 0.5) is 0 Å². The van der Waals surface area contributed by atoms with E-state index in [1.807, 2.05) is 0 Å². The van der Waals surface area contributed by atoms with Gasteiger partial charge in [-0.2, -0.15) is 0 Å². The quantitative estimate of drug-likeness (QED) is 0.800. The van der Waals surface area contributed by atoms with E-state index in [9.17, 15) is 0 Å². The van der Waals surface area contributed by atoms with Crippen LogP contribution in [0, 0.1) is 0 Å². The van der Waals surface area contributed by atoms with Gasteiger partial charge in [-0.3, -0.25) is 0 Å². The highest BCUT2D eigenvalue weighted by atomic mass is 32.1. The van der Waals surface area contributed by atoms with Crippen molar-refractivity contribution in [3.8, 4) is 0 Å². The highest BCUT2D eigenvalue weighted by molar-refractivity contribution is 7.09. The molecule has 0 radical (unpaired) electrons. The first-order valence-electron chi connectivity index (χ1n) is 5.05. The predicted octanol–water partition coefficient (Wildman–Crippen LogP) is 2.52. The van der Waals surface area contributed by atoms with Gasteiger partial charge in [0.15, 0.2) is 0 Å². The number of thiazole rings is 1. The van der Waals surface area contributed by atoms with E-state index in [1.165, 1.54) is 30.0 Å². The Morgan fingerprint density at radius 3 is 3.08 bits per heavy atom. The van der Waals surface area contributed by atoms with E-state index in [1.54, 1.807) is 11.3 Å². The van der Waals surface area contributed by atoms with Crippen LogP contribution in [0.15, 0.2) is 5.38 Å². The number of hydrogen-bond acceptors (Lipinski definition) is 3. The first-order chi connectivity index (χ1) is 6.40. The Morgan fingerprint density at radius 2 is 2.46 bits per heavy atom. The van der Waals surface area contributed by atoms with E-state index in [2.05, 4.69) is 22.6 Å². The van der Waals surface area contributed by atoms with Crippen molar-refractivity contribution in [2.24, 2.45) is 0 Å². The average Bonchev–Trinajstić information content (AvgIpc) is 2.46. The number of rotatable bonds is 4. The molecule has 1 aromatic rings. The fourth-order valence-electron chi connectivity index (χ4n) is 1.53. The van der Waals surface area contributed by atoms with Crippen molar-refractivity contribution in [3.63, 3.8) is 0 Å². The van der Waals surface area contributed by atoms with Crippen molar-refractivity contribution in [1.82, 2.24) is 10.3 Å². The molecule has 3 heteroatoms. The lowest BCUT2D eigenvalue weighted by Gasteiger charge is -2.22. The second-order valence-electron chi connectivity index (χ2n) is 3.57. The van der Waals surface area contributed by atoms with Crippen LogP contribution in [0.25, 0.3) is 0 Å². The molecule has 1 aromatic heterocycles. The van der Waals surface area contributed by atoms with Gasteiger partial charge in [-0.25, -0.2) is 4.98 Å². The van der Waals surface area contributed by atoms with Crippen LogP contribution in [-0.4, -0.2) is 11.5 Å². The second kappa shape index (κ2) is 4.20. The maximum atomic E-state index is 4.63. The maximum absolute atomic E-state index is 4.63. The summed E-state index contributed by atoms with van der Waals surface area (Å²) in [5.41, 5.74) is 1.34. The monoisotopic (exact) mass is 196 g/mol. The van der Waals surface area contributed by atoms with Gasteiger partial charge in [-0.1, -0.05) is 13.3 Å². The van der Waals surface area contributed by atoms with Crippen LogP contribution in [0.5, 0.6) is 0 Å². The van der Waals surface area contributed by atoms with Crippen LogP contribution >= 0.6 is 11.3 Å². The van der Waals surface area contributed by atoms with Crippen molar-refractivity contribution in [1.29, 1.82) is 0 Å². The van der Waals surface area contributed by atoms with E-state index >= 15 is 0 Å². The molecule has 0 bridgehead atoms. The molecule has 0 saturated heterocycles. The molecule has 0 aliphatic heterocycles. The SMILES string of the molecule is CCNCc1nc(C2CCC2)cs1. The summed E-state index contributed by atoms with van der Waals surface area (Å²) in [6.07, 6.45) is 4.10. The normalized spacial score (nSPS) is 17.3. The Bertz CT molecular complexity index is 266. The molecule has 0 spiro atoms. The molecular formula is C10H16N2S. The minimum atomic E-state index is 0.784. The fourth-order valence-corrected chi connectivity index (χ4v) is 2.38. The zero-order valence-corrected chi connectivity index (χ0v) is 8.86. The fraction of sp³-hybridized carbons (Fsp3) is 0.700. The van der Waals surface area contributed by atoms with Gasteiger partial charge in [0.25, 0.3) is 0 Å². The molecule has 2 nitrogen and oxygen atoms in total. The molecular weight excluding hydrogens is 180 g/mol. The lowest BCUT2D eigenvalue weighted by molar-refractivity contribution is 0.412. The van der Waals surface area contributed by atoms with Crippen LogP contribution in [0.2, 0.25) is 0 Å². The van der Waals surface area contributed by atoms with Gasteiger partial charge in [0.1, 0.15) is 5.01 Å². The first kappa shape index (κ1) is 9.16. The second-order valence-corrected chi connectivity index (χ2v) is 4.52. The van der Waals surface area contributed by atoms with Crippen molar-refractivity contribution < 1.29 is 0 Å². The molecule has 1 aliphatic carbocycles. The molecule has 0 unspecified atom stereocenters. The standard InChI is InChI=1S/C10H16N2S/c1-2-11-6-10-12-9(7-13-10)8-4-3-5-8/h7-8,11H,2-6H2,1H3. The molecule has 1 saturated carbocycles. The van der Waals surface area contributed by atoms with Crippen molar-refractivity contribution in [2.45, 2.75) is 38.6 Å². The summed E-state index contributed by atoms with van der Waals surface area (Å²) >= 11 is 1.79. The topological polar surface area (TPSA) is 24.9 Å². The van der Waals surface area contributed by atoms with E-state index < -0.39 is 0 Å². The Hall–Kier alpha value is -0.410. The van der Waals surface area contributed by atoms with Crippen molar-refractivity contribution in [2.75, 3.05) is 6.54 Å². The molecule has 0 atom stereocenters. The molecule has 1 aliphatic rings. The summed E-state index contributed by atoms with van der Waals surface area (Å²) in [6.45, 7) is 4.09. The summed E-state index contributed by atoms with van der Waals surface area (Å²) in [4.78, 5) is 4.63. The minimum absolute atomic E-state index is 0.784. The minimum Gasteiger partial charge on any atom is -0.311 e. The highest BCUT2D eigenvalue weighted by Crippen LogP contribution is 2.36. The lowest BCUT2D eigenvalue weighted by atomic mass is 9.83. The van der Waals surface area contributed by atoms with Gasteiger partial charge in [0.2, 0.25) is 0 Å². The van der Waals surface area contributed by atoms with Crippen LogP contribution in [0.1, 0.15) is 42.8 Å². The molecule has 0 aromatic carbocycles. The zero-order valence-electron chi connectivity index (χ0n) is 8.05. The summed E-state index contributed by atoms with van der Waals surface area (Å²) in [5, 5.41) is 6.77. The molecule has 13 heavy (non-hydrogen) atoms. The summed E-state index contributed by atoms with van der Waals surface area (Å²) in [7, 11) is 0. The summed E-state index contributed by atoms with van der Waals surface area (Å²) in [6, 6.07) is 0. The predicted molar refractivity (Wildman–Crippen MR) is 56.1 cm³/mol. The molecule has 0 amide bonds. The molecule has 1 heterocycles. The van der Waals surface area contributed by atoms with Crippen LogP contribution in [-0.2, 0) is 6.54 Å². The van der Waals surface area contributed by atoms with Crippen molar-refractivity contribution in [3.05, 3.63) is 16.1 Å². The van der Waals surface area contributed by atoms with Crippen LogP contribution < -0.4 is 5.32 Å². The Balaban J connectivity index is 1.92. The summed E-state index contributed by atoms with van der Waals surface area (Å²) in [5.74, 6) is 0.784. The van der Waals surface area contributed by atoms with Gasteiger partial charge in [-0.05, 0) is 19.4 Å². The van der Waals surface area contributed by atoms with E-state index in [0.29, 0.717) is 0 Å². The van der Waals surface area contributed by atoms with E-state index in [-0.39, 0.29) is 0 Å². The van der Waals surface area contributed by atoms with Gasteiger partial charge in [-0.15, -0.1) is 11.3 Å². The molecule has 2 rings (SSSR count). The number of aromatic nitrogens is 1. The van der Waals surface area contributed by atoms with E-state index in [4.69, 9.17) is 0 Å². The van der Waals surface area contributed by atoms with Crippen LogP contribution in [0.3, 0.4) is 0 Å². The van der Waals surface area contributed by atoms with Gasteiger partial charge >= 0.3 is 0 Å². The lowest BCUT2D eigenvalue weighted by Crippen LogP contribution is -2.12. The number of nitrogens with zero attached hydrogens (tertiary/aromatic N) is 1. The Labute approximate surface area is 83.4 Å². The Morgan fingerprint density at radius 1 is 1.62 bits per heavy atom. The van der Waals surface area contributed by atoms with Gasteiger partial charge < -0.3 is 5.32 Å². The molecule has 72 valence electrons. The van der Waals surface area contributed by atoms with E-state index in [0.717, 1.165) is 19.0 Å².